The lowest BCUT2D eigenvalue weighted by atomic mass is 10.0. The Morgan fingerprint density at radius 2 is 2.12 bits per heavy atom. The van der Waals surface area contributed by atoms with Crippen LogP contribution in [0.25, 0.3) is 0 Å². The molecule has 0 radical (unpaired) electrons. The van der Waals surface area contributed by atoms with Gasteiger partial charge in [0, 0.05) is 17.7 Å². The van der Waals surface area contributed by atoms with Crippen molar-refractivity contribution in [2.75, 3.05) is 6.61 Å². The first kappa shape index (κ1) is 20.0. The second-order valence-corrected chi connectivity index (χ2v) is 5.60. The number of allylic oxidation sites excluding steroid dienone is 8. The third-order valence-electron chi connectivity index (χ3n) is 3.67. The Hall–Kier alpha value is -2.07. The smallest absolute Gasteiger partial charge is 0.147 e. The Morgan fingerprint density at radius 1 is 1.42 bits per heavy atom. The molecule has 2 nitrogen and oxygen atoms in total. The predicted octanol–water partition coefficient (Wildman–Crippen LogP) is 5.52. The molecule has 0 spiro atoms. The topological polar surface area (TPSA) is 32.6 Å². The quantitative estimate of drug-likeness (QED) is 0.371. The van der Waals surface area contributed by atoms with Crippen LogP contribution in [0.2, 0.25) is 0 Å². The number of aliphatic hydroxyl groups excluding tert-OH is 1. The number of rotatable bonds is 7. The molecule has 1 unspecified atom stereocenters. The monoisotopic (exact) mass is 333 g/mol. The molecule has 0 amide bonds. The second kappa shape index (κ2) is 9.93. The molecule has 24 heavy (non-hydrogen) atoms. The van der Waals surface area contributed by atoms with Crippen molar-refractivity contribution in [3.8, 4) is 0 Å². The van der Waals surface area contributed by atoms with E-state index in [2.05, 4.69) is 11.6 Å². The number of aliphatic hydroxyl groups is 1. The minimum atomic E-state index is -0.690. The van der Waals surface area contributed by atoms with Crippen LogP contribution in [0.1, 0.15) is 33.6 Å². The standard InChI is InChI=1S/C20H25F2NO/c1-5-14(3)20(18(22)12-15(4)21)23-19(6-2)17-9-7-8-16(13-24)10-11-17/h5,7-8,10-12,14,24H,1,6,9,13H2,2-4H3/b15-12+,20-18-,23-19?. The number of hydrogen-bond acceptors (Lipinski definition) is 2. The molecular weight excluding hydrogens is 308 g/mol. The van der Waals surface area contributed by atoms with Crippen molar-refractivity contribution in [1.29, 1.82) is 0 Å². The summed E-state index contributed by atoms with van der Waals surface area (Å²) in [6, 6.07) is 0. The average Bonchev–Trinajstić information content (AvgIpc) is 2.80. The van der Waals surface area contributed by atoms with Crippen LogP contribution < -0.4 is 0 Å². The van der Waals surface area contributed by atoms with Crippen molar-refractivity contribution in [2.24, 2.45) is 10.9 Å². The van der Waals surface area contributed by atoms with Gasteiger partial charge in [-0.1, -0.05) is 44.2 Å². The molecule has 0 aliphatic heterocycles. The highest BCUT2D eigenvalue weighted by Gasteiger charge is 2.14. The van der Waals surface area contributed by atoms with E-state index in [1.807, 2.05) is 31.2 Å². The first-order chi connectivity index (χ1) is 11.4. The zero-order chi connectivity index (χ0) is 18.1. The maximum Gasteiger partial charge on any atom is 0.147 e. The summed E-state index contributed by atoms with van der Waals surface area (Å²) in [5.41, 5.74) is 2.65. The molecule has 0 aromatic heterocycles. The Labute approximate surface area is 143 Å². The van der Waals surface area contributed by atoms with Gasteiger partial charge in [-0.05, 0) is 30.9 Å². The van der Waals surface area contributed by atoms with Crippen LogP contribution in [0.4, 0.5) is 8.78 Å². The van der Waals surface area contributed by atoms with E-state index in [9.17, 15) is 13.9 Å². The summed E-state index contributed by atoms with van der Waals surface area (Å²) in [6.07, 6.45) is 11.2. The number of halogens is 2. The van der Waals surface area contributed by atoms with Gasteiger partial charge < -0.3 is 5.11 Å². The largest absolute Gasteiger partial charge is 0.392 e. The maximum atomic E-state index is 14.3. The van der Waals surface area contributed by atoms with Crippen LogP contribution in [0.15, 0.2) is 76.5 Å². The highest BCUT2D eigenvalue weighted by molar-refractivity contribution is 6.01. The van der Waals surface area contributed by atoms with Gasteiger partial charge in [-0.15, -0.1) is 6.58 Å². The third-order valence-corrected chi connectivity index (χ3v) is 3.67. The Kier molecular flexibility index (Phi) is 8.27. The molecule has 4 heteroatoms. The van der Waals surface area contributed by atoms with Crippen LogP contribution in [0, 0.1) is 5.92 Å². The Morgan fingerprint density at radius 3 is 2.67 bits per heavy atom. The molecule has 1 rings (SSSR count). The molecule has 0 heterocycles. The van der Waals surface area contributed by atoms with Crippen LogP contribution in [0.3, 0.4) is 0 Å². The average molecular weight is 333 g/mol. The van der Waals surface area contributed by atoms with E-state index in [4.69, 9.17) is 0 Å². The van der Waals surface area contributed by atoms with E-state index in [1.54, 1.807) is 13.0 Å². The fourth-order valence-electron chi connectivity index (χ4n) is 2.24. The molecule has 130 valence electrons. The van der Waals surface area contributed by atoms with E-state index in [0.29, 0.717) is 12.8 Å². The molecule has 0 saturated heterocycles. The lowest BCUT2D eigenvalue weighted by Crippen LogP contribution is -2.05. The van der Waals surface area contributed by atoms with Gasteiger partial charge in [0.15, 0.2) is 0 Å². The predicted molar refractivity (Wildman–Crippen MR) is 97.1 cm³/mol. The first-order valence-electron chi connectivity index (χ1n) is 8.04. The van der Waals surface area contributed by atoms with Gasteiger partial charge in [-0.25, -0.2) is 8.78 Å². The summed E-state index contributed by atoms with van der Waals surface area (Å²) in [5, 5.41) is 9.22. The van der Waals surface area contributed by atoms with Gasteiger partial charge in [0.05, 0.1) is 18.1 Å². The zero-order valence-electron chi connectivity index (χ0n) is 14.5. The SMILES string of the molecule is C=CC(C)/C(N=C(CC)C1=CC=C(CO)C=CC1)=C(F)\C=C(/C)F. The van der Waals surface area contributed by atoms with Gasteiger partial charge >= 0.3 is 0 Å². The van der Waals surface area contributed by atoms with Gasteiger partial charge in [-0.3, -0.25) is 4.99 Å². The van der Waals surface area contributed by atoms with Crippen LogP contribution in [-0.2, 0) is 0 Å². The Balaban J connectivity index is 3.35. The van der Waals surface area contributed by atoms with Crippen molar-refractivity contribution in [3.63, 3.8) is 0 Å². The molecule has 0 bridgehead atoms. The molecule has 1 aliphatic carbocycles. The minimum Gasteiger partial charge on any atom is -0.392 e. The molecule has 0 saturated carbocycles. The highest BCUT2D eigenvalue weighted by atomic mass is 19.1. The summed E-state index contributed by atoms with van der Waals surface area (Å²) in [7, 11) is 0. The summed E-state index contributed by atoms with van der Waals surface area (Å²) < 4.78 is 27.4. The first-order valence-corrected chi connectivity index (χ1v) is 8.04. The number of aliphatic imine (C=N–C) groups is 1. The van der Waals surface area contributed by atoms with Crippen molar-refractivity contribution in [3.05, 3.63) is 71.5 Å². The molecule has 0 aromatic rings. The Bertz CT molecular complexity index is 645. The third kappa shape index (κ3) is 5.85. The molecule has 0 aromatic carbocycles. The van der Waals surface area contributed by atoms with Crippen LogP contribution in [0.5, 0.6) is 0 Å². The molecule has 0 fully saturated rings. The van der Waals surface area contributed by atoms with E-state index in [-0.39, 0.29) is 18.2 Å². The van der Waals surface area contributed by atoms with Crippen molar-refractivity contribution in [2.45, 2.75) is 33.6 Å². The highest BCUT2D eigenvalue weighted by Crippen LogP contribution is 2.24. The van der Waals surface area contributed by atoms with Crippen LogP contribution in [-0.4, -0.2) is 17.4 Å². The maximum absolute atomic E-state index is 14.3. The van der Waals surface area contributed by atoms with Crippen molar-refractivity contribution < 1.29 is 13.9 Å². The van der Waals surface area contributed by atoms with E-state index in [1.165, 1.54) is 6.92 Å². The molecule has 1 atom stereocenters. The fourth-order valence-corrected chi connectivity index (χ4v) is 2.24. The van der Waals surface area contributed by atoms with Gasteiger partial charge in [0.25, 0.3) is 0 Å². The van der Waals surface area contributed by atoms with E-state index < -0.39 is 11.7 Å². The summed E-state index contributed by atoms with van der Waals surface area (Å²) in [4.78, 5) is 4.48. The zero-order valence-corrected chi connectivity index (χ0v) is 14.5. The van der Waals surface area contributed by atoms with Gasteiger partial charge in [0.2, 0.25) is 0 Å². The summed E-state index contributed by atoms with van der Waals surface area (Å²) >= 11 is 0. The van der Waals surface area contributed by atoms with Crippen LogP contribution >= 0.6 is 0 Å². The summed E-state index contributed by atoms with van der Waals surface area (Å²) in [5.74, 6) is -1.64. The van der Waals surface area contributed by atoms with E-state index in [0.717, 1.165) is 22.9 Å². The van der Waals surface area contributed by atoms with E-state index >= 15 is 0 Å². The normalized spacial score (nSPS) is 18.4. The van der Waals surface area contributed by atoms with Gasteiger partial charge in [0.1, 0.15) is 5.83 Å². The van der Waals surface area contributed by atoms with Crippen molar-refractivity contribution >= 4 is 5.71 Å². The minimum absolute atomic E-state index is 0.0350. The molecule has 1 aliphatic rings. The van der Waals surface area contributed by atoms with Gasteiger partial charge in [-0.2, -0.15) is 0 Å². The lowest BCUT2D eigenvalue weighted by Gasteiger charge is -2.12. The number of hydrogen-bond donors (Lipinski definition) is 1. The van der Waals surface area contributed by atoms with Crippen molar-refractivity contribution in [1.82, 2.24) is 0 Å². The fraction of sp³-hybridized carbons (Fsp3) is 0.350. The lowest BCUT2D eigenvalue weighted by molar-refractivity contribution is 0.335. The molecule has 1 N–H and O–H groups in total. The number of nitrogens with zero attached hydrogens (tertiary/aromatic N) is 1. The summed E-state index contributed by atoms with van der Waals surface area (Å²) in [6.45, 7) is 8.55. The molecular formula is C20H25F2NO. The second-order valence-electron chi connectivity index (χ2n) is 5.60.